The molecule has 284 valence electrons. The van der Waals surface area contributed by atoms with Gasteiger partial charge in [-0.05, 0) is 53.4 Å². The van der Waals surface area contributed by atoms with Crippen LogP contribution in [0.25, 0.3) is 0 Å². The number of alkyl halides is 2. The molecular formula is C43H55F2N3O4Si. The second-order valence-corrected chi connectivity index (χ2v) is 19.8. The first kappa shape index (κ1) is 41.4. The van der Waals surface area contributed by atoms with Crippen LogP contribution in [-0.4, -0.2) is 48.7 Å². The molecule has 0 fully saturated rings. The zero-order valence-electron chi connectivity index (χ0n) is 31.8. The zero-order chi connectivity index (χ0) is 38.6. The molecule has 4 rings (SSSR count). The minimum Gasteiger partial charge on any atom is -0.542 e. The predicted molar refractivity (Wildman–Crippen MR) is 211 cm³/mol. The van der Waals surface area contributed by atoms with E-state index in [1.54, 1.807) is 91.0 Å². The zero-order valence-corrected chi connectivity index (χ0v) is 32.8. The number of carbonyl (C=O) groups is 2. The number of nitrogens with one attached hydrogen (secondary N) is 2. The van der Waals surface area contributed by atoms with Crippen molar-refractivity contribution in [3.05, 3.63) is 132 Å². The van der Waals surface area contributed by atoms with Crippen molar-refractivity contribution >= 4 is 25.8 Å². The number of anilines is 1. The highest BCUT2D eigenvalue weighted by Gasteiger charge is 2.52. The Kier molecular flexibility index (Phi) is 14.5. The average molecular weight is 744 g/mol. The van der Waals surface area contributed by atoms with Crippen LogP contribution >= 0.6 is 0 Å². The number of hydrogen-bond donors (Lipinski definition) is 3. The van der Waals surface area contributed by atoms with Crippen molar-refractivity contribution in [2.45, 2.75) is 102 Å². The Labute approximate surface area is 314 Å². The molecule has 0 saturated carbocycles. The van der Waals surface area contributed by atoms with Crippen LogP contribution in [0.15, 0.2) is 115 Å². The van der Waals surface area contributed by atoms with E-state index in [-0.39, 0.29) is 23.6 Å². The van der Waals surface area contributed by atoms with Crippen molar-refractivity contribution in [2.75, 3.05) is 11.9 Å². The number of benzene rings is 4. The van der Waals surface area contributed by atoms with Crippen molar-refractivity contribution in [1.29, 1.82) is 0 Å². The average Bonchev–Trinajstić information content (AvgIpc) is 3.14. The monoisotopic (exact) mass is 743 g/mol. The third kappa shape index (κ3) is 10.8. The lowest BCUT2D eigenvalue weighted by molar-refractivity contribution is -0.168. The number of unbranched alkanes of at least 4 members (excludes halogenated alkanes) is 2. The molecule has 7 nitrogen and oxygen atoms in total. The quantitative estimate of drug-likeness (QED) is 0.0698. The summed E-state index contributed by atoms with van der Waals surface area (Å²) in [6.45, 7) is 11.9. The van der Waals surface area contributed by atoms with Crippen LogP contribution in [0.3, 0.4) is 0 Å². The lowest BCUT2D eigenvalue weighted by Gasteiger charge is -2.38. The number of aliphatic hydroxyl groups excluding tert-OH is 1. The van der Waals surface area contributed by atoms with Gasteiger partial charge in [-0.2, -0.15) is 8.78 Å². The highest BCUT2D eigenvalue weighted by Crippen LogP contribution is 2.40. The Morgan fingerprint density at radius 1 is 0.811 bits per heavy atom. The van der Waals surface area contributed by atoms with Gasteiger partial charge in [0.05, 0.1) is 18.3 Å². The summed E-state index contributed by atoms with van der Waals surface area (Å²) in [6, 6.07) is 28.9. The summed E-state index contributed by atoms with van der Waals surface area (Å²) in [7, 11) is -2.32. The molecule has 3 atom stereocenters. The standard InChI is InChI=1S/C43H55F2N3O4Si/c1-7-8-12-28-37(40(50)47-35-27-19-20-29-38(35)52-53(5,6)42(2,3)4)48(30-32-21-13-9-14-22-32)41(51)43(44,45)39(34-25-17-11-18-26-34)46-36(31-49)33-23-15-10-16-24-33/h9-11,13-27,29,36-37,39,46,49H,7-8,12,28,30-31H2,1-6H3,(H,47,50)/t36-,37?,39-/m0/s1. The number of nitrogens with zero attached hydrogens (tertiary/aromatic N) is 1. The van der Waals surface area contributed by atoms with E-state index in [4.69, 9.17) is 4.43 Å². The van der Waals surface area contributed by atoms with Crippen LogP contribution in [0.2, 0.25) is 18.1 Å². The lowest BCUT2D eigenvalue weighted by atomic mass is 9.95. The number of amides is 2. The van der Waals surface area contributed by atoms with E-state index < -0.39 is 50.8 Å². The summed E-state index contributed by atoms with van der Waals surface area (Å²) in [4.78, 5) is 30.2. The first-order chi connectivity index (χ1) is 25.2. The molecule has 0 aliphatic carbocycles. The number of hydrogen-bond acceptors (Lipinski definition) is 5. The number of carbonyl (C=O) groups excluding carboxylic acids is 2. The second-order valence-electron chi connectivity index (χ2n) is 15.1. The van der Waals surface area contributed by atoms with Gasteiger partial charge in [0, 0.05) is 6.54 Å². The molecule has 10 heteroatoms. The van der Waals surface area contributed by atoms with Crippen LogP contribution < -0.4 is 15.1 Å². The molecule has 0 heterocycles. The van der Waals surface area contributed by atoms with Gasteiger partial charge in [0.25, 0.3) is 14.2 Å². The Balaban J connectivity index is 1.78. The first-order valence-electron chi connectivity index (χ1n) is 18.5. The van der Waals surface area contributed by atoms with Crippen molar-refractivity contribution < 1.29 is 27.9 Å². The molecular weight excluding hydrogens is 689 g/mol. The summed E-state index contributed by atoms with van der Waals surface area (Å²) in [6.07, 6.45) is 2.30. The molecule has 4 aromatic carbocycles. The Morgan fingerprint density at radius 3 is 1.92 bits per heavy atom. The molecule has 0 aromatic heterocycles. The van der Waals surface area contributed by atoms with Crippen LogP contribution in [-0.2, 0) is 16.1 Å². The first-order valence-corrected chi connectivity index (χ1v) is 21.4. The maximum atomic E-state index is 17.3. The van der Waals surface area contributed by atoms with E-state index in [1.807, 2.05) is 19.1 Å². The van der Waals surface area contributed by atoms with E-state index in [9.17, 15) is 14.7 Å². The molecule has 0 aliphatic rings. The molecule has 3 N–H and O–H groups in total. The van der Waals surface area contributed by atoms with Crippen LogP contribution in [0.4, 0.5) is 14.5 Å². The molecule has 0 radical (unpaired) electrons. The van der Waals surface area contributed by atoms with E-state index >= 15 is 8.78 Å². The van der Waals surface area contributed by atoms with Gasteiger partial charge in [0.1, 0.15) is 17.8 Å². The molecule has 4 aromatic rings. The van der Waals surface area contributed by atoms with Gasteiger partial charge in [0.2, 0.25) is 5.91 Å². The Morgan fingerprint density at radius 2 is 1.36 bits per heavy atom. The minimum atomic E-state index is -4.05. The SMILES string of the molecule is CCCCCC(C(=O)Nc1ccccc1O[Si](C)(C)C(C)(C)C)N(Cc1ccccc1)C(=O)C(F)(F)[C@@H](N[C@@H](CO)c1ccccc1)c1ccccc1. The van der Waals surface area contributed by atoms with Crippen LogP contribution in [0, 0.1) is 0 Å². The largest absolute Gasteiger partial charge is 0.542 e. The van der Waals surface area contributed by atoms with Crippen molar-refractivity contribution in [2.24, 2.45) is 0 Å². The highest BCUT2D eigenvalue weighted by atomic mass is 28.4. The van der Waals surface area contributed by atoms with Crippen molar-refractivity contribution in [3.63, 3.8) is 0 Å². The van der Waals surface area contributed by atoms with Crippen molar-refractivity contribution in [3.8, 4) is 5.75 Å². The van der Waals surface area contributed by atoms with E-state index in [0.717, 1.165) is 17.7 Å². The van der Waals surface area contributed by atoms with E-state index in [0.29, 0.717) is 29.0 Å². The molecule has 0 bridgehead atoms. The van der Waals surface area contributed by atoms with E-state index in [1.165, 1.54) is 12.1 Å². The smallest absolute Gasteiger partial charge is 0.343 e. The maximum Gasteiger partial charge on any atom is 0.343 e. The third-order valence-corrected chi connectivity index (χ3v) is 14.4. The molecule has 53 heavy (non-hydrogen) atoms. The van der Waals surface area contributed by atoms with Gasteiger partial charge in [-0.1, -0.05) is 150 Å². The number of rotatable bonds is 18. The normalized spacial score (nSPS) is 13.8. The van der Waals surface area contributed by atoms with Gasteiger partial charge in [-0.25, -0.2) is 0 Å². The van der Waals surface area contributed by atoms with Gasteiger partial charge in [-0.15, -0.1) is 0 Å². The fourth-order valence-corrected chi connectivity index (χ4v) is 6.97. The molecule has 1 unspecified atom stereocenters. The summed E-state index contributed by atoms with van der Waals surface area (Å²) in [5.41, 5.74) is 1.78. The minimum absolute atomic E-state index is 0.115. The molecule has 0 spiro atoms. The van der Waals surface area contributed by atoms with Gasteiger partial charge >= 0.3 is 5.92 Å². The van der Waals surface area contributed by atoms with E-state index in [2.05, 4.69) is 44.5 Å². The number of para-hydroxylation sites is 2. The highest BCUT2D eigenvalue weighted by molar-refractivity contribution is 6.74. The lowest BCUT2D eigenvalue weighted by Crippen LogP contribution is -2.56. The van der Waals surface area contributed by atoms with Crippen LogP contribution in [0.5, 0.6) is 5.75 Å². The summed E-state index contributed by atoms with van der Waals surface area (Å²) < 4.78 is 41.1. The molecule has 0 aliphatic heterocycles. The maximum absolute atomic E-state index is 17.3. The predicted octanol–water partition coefficient (Wildman–Crippen LogP) is 9.69. The topological polar surface area (TPSA) is 90.9 Å². The third-order valence-electron chi connectivity index (χ3n) is 10.1. The summed E-state index contributed by atoms with van der Waals surface area (Å²) in [5, 5.41) is 16.2. The number of halogens is 2. The Hall–Kier alpha value is -4.38. The summed E-state index contributed by atoms with van der Waals surface area (Å²) in [5.74, 6) is -5.62. The fraction of sp³-hybridized carbons (Fsp3) is 0.395. The Bertz CT molecular complexity index is 1740. The van der Waals surface area contributed by atoms with Crippen LogP contribution in [0.1, 0.15) is 82.2 Å². The molecule has 0 saturated heterocycles. The molecule has 2 amide bonds. The second kappa shape index (κ2) is 18.6. The van der Waals surface area contributed by atoms with Gasteiger partial charge in [0.15, 0.2) is 0 Å². The van der Waals surface area contributed by atoms with Gasteiger partial charge < -0.3 is 19.7 Å². The number of aliphatic hydroxyl groups is 1. The van der Waals surface area contributed by atoms with Crippen molar-refractivity contribution in [1.82, 2.24) is 10.2 Å². The summed E-state index contributed by atoms with van der Waals surface area (Å²) >= 11 is 0. The van der Waals surface area contributed by atoms with Gasteiger partial charge in [-0.3, -0.25) is 14.9 Å². The fourth-order valence-electron chi connectivity index (χ4n) is 5.93.